The molecule has 1 aromatic rings. The van der Waals surface area contributed by atoms with E-state index in [2.05, 4.69) is 64.8 Å². The highest BCUT2D eigenvalue weighted by atomic mass is 127. The molecule has 0 spiro atoms. The van der Waals surface area contributed by atoms with Crippen molar-refractivity contribution in [2.24, 2.45) is 4.99 Å². The summed E-state index contributed by atoms with van der Waals surface area (Å²) in [6.45, 7) is 5.49. The zero-order valence-corrected chi connectivity index (χ0v) is 20.4. The highest BCUT2D eigenvalue weighted by Gasteiger charge is 2.23. The van der Waals surface area contributed by atoms with E-state index in [9.17, 15) is 4.79 Å². The molecule has 1 heterocycles. The van der Waals surface area contributed by atoms with Crippen LogP contribution in [-0.4, -0.2) is 74.8 Å². The number of carbonyl (C=O) groups excluding carboxylic acids is 1. The second-order valence-corrected chi connectivity index (χ2v) is 7.41. The van der Waals surface area contributed by atoms with E-state index in [1.54, 1.807) is 11.9 Å². The fraction of sp³-hybridized carbons (Fsp3) is 0.619. The molecule has 1 aliphatic heterocycles. The smallest absolute Gasteiger partial charge is 0.409 e. The van der Waals surface area contributed by atoms with E-state index in [1.807, 2.05) is 0 Å². The lowest BCUT2D eigenvalue weighted by Crippen LogP contribution is -2.50. The van der Waals surface area contributed by atoms with Gasteiger partial charge in [-0.25, -0.2) is 4.79 Å². The van der Waals surface area contributed by atoms with Crippen molar-refractivity contribution in [2.75, 3.05) is 40.8 Å². The number of hydrogen-bond donors (Lipinski definition) is 2. The molecule has 1 saturated heterocycles. The summed E-state index contributed by atoms with van der Waals surface area (Å²) in [4.78, 5) is 20.0. The SMILES string of the molecule is CN=C(NCCC(C)N(C)Cc1ccccc1)NC1CCN(C(=O)OC)CC1.I. The summed E-state index contributed by atoms with van der Waals surface area (Å²) < 4.78 is 4.79. The molecule has 1 aliphatic rings. The number of ether oxygens (including phenoxy) is 1. The molecular formula is C21H36IN5O2. The minimum Gasteiger partial charge on any atom is -0.453 e. The van der Waals surface area contributed by atoms with Gasteiger partial charge in [0, 0.05) is 45.3 Å². The molecule has 0 bridgehead atoms. The normalized spacial score (nSPS) is 16.2. The molecular weight excluding hydrogens is 481 g/mol. The fourth-order valence-corrected chi connectivity index (χ4v) is 3.37. The summed E-state index contributed by atoms with van der Waals surface area (Å²) >= 11 is 0. The van der Waals surface area contributed by atoms with Crippen molar-refractivity contribution in [2.45, 2.75) is 44.8 Å². The zero-order valence-electron chi connectivity index (χ0n) is 18.1. The largest absolute Gasteiger partial charge is 0.453 e. The number of likely N-dealkylation sites (tertiary alicyclic amines) is 1. The maximum Gasteiger partial charge on any atom is 0.409 e. The predicted octanol–water partition coefficient (Wildman–Crippen LogP) is 2.91. The number of nitrogens with one attached hydrogen (secondary N) is 2. The molecule has 1 atom stereocenters. The number of guanidine groups is 1. The molecule has 2 N–H and O–H groups in total. The van der Waals surface area contributed by atoms with Gasteiger partial charge in [-0.3, -0.25) is 9.89 Å². The third-order valence-corrected chi connectivity index (χ3v) is 5.37. The van der Waals surface area contributed by atoms with Gasteiger partial charge in [0.2, 0.25) is 0 Å². The lowest BCUT2D eigenvalue weighted by Gasteiger charge is -2.32. The molecule has 164 valence electrons. The maximum atomic E-state index is 11.6. The second kappa shape index (κ2) is 13.6. The van der Waals surface area contributed by atoms with Crippen LogP contribution in [-0.2, 0) is 11.3 Å². The van der Waals surface area contributed by atoms with Crippen LogP contribution in [0.2, 0.25) is 0 Å². The van der Waals surface area contributed by atoms with Crippen molar-refractivity contribution >= 4 is 36.0 Å². The third kappa shape index (κ3) is 8.77. The highest BCUT2D eigenvalue weighted by Crippen LogP contribution is 2.11. The molecule has 8 heteroatoms. The Balaban J connectivity index is 0.00000420. The number of hydrogen-bond acceptors (Lipinski definition) is 4. The van der Waals surface area contributed by atoms with E-state index < -0.39 is 0 Å². The summed E-state index contributed by atoms with van der Waals surface area (Å²) in [6.07, 6.45) is 2.58. The van der Waals surface area contributed by atoms with Gasteiger partial charge < -0.3 is 20.3 Å². The first-order valence-corrected chi connectivity index (χ1v) is 10.1. The molecule has 1 fully saturated rings. The Kier molecular flexibility index (Phi) is 12.0. The quantitative estimate of drug-likeness (QED) is 0.331. The summed E-state index contributed by atoms with van der Waals surface area (Å²) in [5.74, 6) is 0.828. The Labute approximate surface area is 192 Å². The summed E-state index contributed by atoms with van der Waals surface area (Å²) in [5, 5.41) is 6.89. The first kappa shape index (κ1) is 25.5. The lowest BCUT2D eigenvalue weighted by atomic mass is 10.1. The Morgan fingerprint density at radius 3 is 2.55 bits per heavy atom. The van der Waals surface area contributed by atoms with Crippen LogP contribution in [0.25, 0.3) is 0 Å². The predicted molar refractivity (Wildman–Crippen MR) is 129 cm³/mol. The number of benzene rings is 1. The third-order valence-electron chi connectivity index (χ3n) is 5.37. The van der Waals surface area contributed by atoms with E-state index in [1.165, 1.54) is 12.7 Å². The number of aliphatic imine (C=N–C) groups is 1. The second-order valence-electron chi connectivity index (χ2n) is 7.41. The van der Waals surface area contributed by atoms with Gasteiger partial charge in [0.05, 0.1) is 7.11 Å². The minimum absolute atomic E-state index is 0. The van der Waals surface area contributed by atoms with Crippen LogP contribution in [0.3, 0.4) is 0 Å². The van der Waals surface area contributed by atoms with Gasteiger partial charge in [-0.05, 0) is 38.8 Å². The first-order valence-electron chi connectivity index (χ1n) is 10.1. The number of piperidine rings is 1. The molecule has 29 heavy (non-hydrogen) atoms. The molecule has 1 amide bonds. The van der Waals surface area contributed by atoms with Crippen LogP contribution < -0.4 is 10.6 Å². The van der Waals surface area contributed by atoms with Crippen molar-refractivity contribution in [1.29, 1.82) is 0 Å². The Bertz CT molecular complexity index is 621. The zero-order chi connectivity index (χ0) is 20.4. The van der Waals surface area contributed by atoms with Crippen molar-refractivity contribution in [3.05, 3.63) is 35.9 Å². The number of carbonyl (C=O) groups is 1. The van der Waals surface area contributed by atoms with Gasteiger partial charge in [-0.2, -0.15) is 0 Å². The van der Waals surface area contributed by atoms with Gasteiger partial charge in [0.25, 0.3) is 0 Å². The van der Waals surface area contributed by atoms with Crippen molar-refractivity contribution in [3.8, 4) is 0 Å². The standard InChI is InChI=1S/C21H35N5O2.HI/c1-17(25(3)16-18-8-6-5-7-9-18)10-13-23-20(22-2)24-19-11-14-26(15-12-19)21(27)28-4;/h5-9,17,19H,10-16H2,1-4H3,(H2,22,23,24);1H. The lowest BCUT2D eigenvalue weighted by molar-refractivity contribution is 0.111. The number of amides is 1. The number of halogens is 1. The number of nitrogens with zero attached hydrogens (tertiary/aromatic N) is 3. The summed E-state index contributed by atoms with van der Waals surface area (Å²) in [5.41, 5.74) is 1.33. The van der Waals surface area contributed by atoms with Crippen LogP contribution in [0.4, 0.5) is 4.79 Å². The van der Waals surface area contributed by atoms with Crippen LogP contribution in [0, 0.1) is 0 Å². The molecule has 0 aromatic heterocycles. The molecule has 1 aromatic carbocycles. The van der Waals surface area contributed by atoms with E-state index >= 15 is 0 Å². The number of rotatable bonds is 7. The molecule has 0 aliphatic carbocycles. The Morgan fingerprint density at radius 1 is 1.31 bits per heavy atom. The van der Waals surface area contributed by atoms with Gasteiger partial charge >= 0.3 is 6.09 Å². The van der Waals surface area contributed by atoms with E-state index in [-0.39, 0.29) is 30.1 Å². The maximum absolute atomic E-state index is 11.6. The average molecular weight is 517 g/mol. The average Bonchev–Trinajstić information content (AvgIpc) is 2.73. The first-order chi connectivity index (χ1) is 13.5. The van der Waals surface area contributed by atoms with E-state index in [0.29, 0.717) is 25.2 Å². The molecule has 0 saturated carbocycles. The van der Waals surface area contributed by atoms with Gasteiger partial charge in [0.15, 0.2) is 5.96 Å². The topological polar surface area (TPSA) is 69.2 Å². The van der Waals surface area contributed by atoms with Crippen molar-refractivity contribution < 1.29 is 9.53 Å². The fourth-order valence-electron chi connectivity index (χ4n) is 3.37. The summed E-state index contributed by atoms with van der Waals surface area (Å²) in [7, 11) is 5.39. The minimum atomic E-state index is -0.241. The van der Waals surface area contributed by atoms with Gasteiger partial charge in [-0.1, -0.05) is 30.3 Å². The Morgan fingerprint density at radius 2 is 1.97 bits per heavy atom. The van der Waals surface area contributed by atoms with Crippen molar-refractivity contribution in [1.82, 2.24) is 20.4 Å². The molecule has 0 radical (unpaired) electrons. The van der Waals surface area contributed by atoms with Gasteiger partial charge in [0.1, 0.15) is 0 Å². The van der Waals surface area contributed by atoms with Crippen molar-refractivity contribution in [3.63, 3.8) is 0 Å². The highest BCUT2D eigenvalue weighted by molar-refractivity contribution is 14.0. The van der Waals surface area contributed by atoms with E-state index in [4.69, 9.17) is 4.74 Å². The van der Waals surface area contributed by atoms with Crippen LogP contribution in [0.15, 0.2) is 35.3 Å². The molecule has 2 rings (SSSR count). The molecule has 1 unspecified atom stereocenters. The van der Waals surface area contributed by atoms with Gasteiger partial charge in [-0.15, -0.1) is 24.0 Å². The molecule has 7 nitrogen and oxygen atoms in total. The van der Waals surface area contributed by atoms with Crippen LogP contribution >= 0.6 is 24.0 Å². The Hall–Kier alpha value is -1.55. The number of methoxy groups -OCH3 is 1. The van der Waals surface area contributed by atoms with E-state index in [0.717, 1.165) is 38.3 Å². The van der Waals surface area contributed by atoms with Crippen LogP contribution in [0.5, 0.6) is 0 Å². The summed E-state index contributed by atoms with van der Waals surface area (Å²) in [6, 6.07) is 11.3. The van der Waals surface area contributed by atoms with Crippen LogP contribution in [0.1, 0.15) is 31.7 Å². The monoisotopic (exact) mass is 517 g/mol.